The standard InChI is InChI=1S/C52H46N4O/c1-50(2,3)34-28-29-53-47(30-34)56-44-23-14-11-20-39(44)40-25-24-38(32-46(40)56)57-37-19-15-18-36(31-37)54-33-55(35-16-9-8-10-17-35)49-45(54)27-26-43-48(49)52(6,7)42-22-13-12-21-41(42)51(43,4)5/h8-32H,1-7H3. The lowest BCUT2D eigenvalue weighted by Gasteiger charge is -2.44. The molecule has 9 aromatic rings. The Morgan fingerprint density at radius 1 is 0.596 bits per heavy atom. The minimum atomic E-state index is -0.243. The van der Waals surface area contributed by atoms with Crippen LogP contribution in [-0.2, 0) is 16.2 Å². The van der Waals surface area contributed by atoms with Crippen LogP contribution in [-0.4, -0.2) is 14.1 Å². The molecule has 0 radical (unpaired) electrons. The van der Waals surface area contributed by atoms with Crippen LogP contribution in [0, 0.1) is 6.33 Å². The van der Waals surface area contributed by atoms with E-state index in [0.717, 1.165) is 50.6 Å². The van der Waals surface area contributed by atoms with E-state index < -0.39 is 0 Å². The third kappa shape index (κ3) is 5.43. The summed E-state index contributed by atoms with van der Waals surface area (Å²) in [4.78, 5) is 4.87. The van der Waals surface area contributed by atoms with E-state index in [1.807, 2.05) is 12.3 Å². The van der Waals surface area contributed by atoms with Crippen LogP contribution in [0.1, 0.15) is 76.3 Å². The fraction of sp³-hybridized carbons (Fsp3) is 0.192. The summed E-state index contributed by atoms with van der Waals surface area (Å²) in [7, 11) is 0. The molecule has 5 nitrogen and oxygen atoms in total. The van der Waals surface area contributed by atoms with Gasteiger partial charge in [0.15, 0.2) is 0 Å². The molecule has 0 aliphatic heterocycles. The summed E-state index contributed by atoms with van der Waals surface area (Å²) in [6, 6.07) is 51.8. The number of para-hydroxylation sites is 2. The van der Waals surface area contributed by atoms with Crippen LogP contribution in [0.15, 0.2) is 152 Å². The Morgan fingerprint density at radius 2 is 1.30 bits per heavy atom. The number of pyridine rings is 1. The predicted molar refractivity (Wildman–Crippen MR) is 232 cm³/mol. The van der Waals surface area contributed by atoms with Gasteiger partial charge in [0.1, 0.15) is 17.3 Å². The smallest absolute Gasteiger partial charge is 0.269 e. The van der Waals surface area contributed by atoms with Crippen LogP contribution in [0.2, 0.25) is 0 Å². The lowest BCUT2D eigenvalue weighted by atomic mass is 9.59. The van der Waals surface area contributed by atoms with Crippen molar-refractivity contribution in [1.82, 2.24) is 14.1 Å². The molecule has 0 saturated heterocycles. The van der Waals surface area contributed by atoms with Crippen LogP contribution in [0.5, 0.6) is 11.5 Å². The molecule has 0 unspecified atom stereocenters. The third-order valence-electron chi connectivity index (χ3n) is 12.2. The van der Waals surface area contributed by atoms with Gasteiger partial charge in [0.2, 0.25) is 0 Å². The molecule has 0 saturated carbocycles. The molecule has 0 bridgehead atoms. The summed E-state index contributed by atoms with van der Waals surface area (Å²) in [6.07, 6.45) is 5.72. The Morgan fingerprint density at radius 3 is 2.09 bits per heavy atom. The van der Waals surface area contributed by atoms with Gasteiger partial charge in [-0.25, -0.2) is 4.98 Å². The monoisotopic (exact) mass is 742 g/mol. The topological polar surface area (TPSA) is 35.9 Å². The molecule has 6 aromatic carbocycles. The maximum Gasteiger partial charge on any atom is 0.269 e. The van der Waals surface area contributed by atoms with E-state index in [1.165, 1.54) is 38.7 Å². The highest BCUT2D eigenvalue weighted by Gasteiger charge is 2.43. The number of rotatable bonds is 5. The van der Waals surface area contributed by atoms with E-state index >= 15 is 0 Å². The number of ether oxygens (including phenoxy) is 1. The number of fused-ring (bicyclic) bond motifs is 7. The second-order valence-electron chi connectivity index (χ2n) is 17.5. The van der Waals surface area contributed by atoms with Crippen molar-refractivity contribution in [2.45, 2.75) is 64.7 Å². The molecule has 1 aliphatic carbocycles. The summed E-state index contributed by atoms with van der Waals surface area (Å²) in [6.45, 7) is 16.2. The highest BCUT2D eigenvalue weighted by molar-refractivity contribution is 6.09. The van der Waals surface area contributed by atoms with Gasteiger partial charge in [-0.15, -0.1) is 0 Å². The zero-order valence-electron chi connectivity index (χ0n) is 33.6. The van der Waals surface area contributed by atoms with E-state index in [-0.39, 0.29) is 16.2 Å². The van der Waals surface area contributed by atoms with Crippen molar-refractivity contribution in [2.75, 3.05) is 0 Å². The van der Waals surface area contributed by atoms with Crippen molar-refractivity contribution in [1.29, 1.82) is 0 Å². The SMILES string of the molecule is CC(C)(C)c1ccnc(-n2c3ccccc3c3ccc(Oc4cccc(-n5[c-][n+](-c6ccccc6)c6c7c(ccc65)C(C)(C)c5ccccc5C7(C)C)c4)cc32)c1. The minimum Gasteiger partial charge on any atom is -0.458 e. The van der Waals surface area contributed by atoms with Crippen molar-refractivity contribution < 1.29 is 9.30 Å². The Balaban J connectivity index is 1.11. The molecule has 0 N–H and O–H groups in total. The van der Waals surface area contributed by atoms with E-state index in [0.29, 0.717) is 0 Å². The van der Waals surface area contributed by atoms with Gasteiger partial charge in [-0.1, -0.05) is 127 Å². The summed E-state index contributed by atoms with van der Waals surface area (Å²) >= 11 is 0. The van der Waals surface area contributed by atoms with Gasteiger partial charge >= 0.3 is 0 Å². The van der Waals surface area contributed by atoms with Gasteiger partial charge in [0.05, 0.1) is 33.4 Å². The lowest BCUT2D eigenvalue weighted by Crippen LogP contribution is -2.40. The van der Waals surface area contributed by atoms with Crippen LogP contribution in [0.4, 0.5) is 0 Å². The van der Waals surface area contributed by atoms with Gasteiger partial charge < -0.3 is 4.74 Å². The van der Waals surface area contributed by atoms with Crippen LogP contribution < -0.4 is 9.30 Å². The molecule has 10 rings (SSSR count). The fourth-order valence-electron chi connectivity index (χ4n) is 9.25. The first-order chi connectivity index (χ1) is 27.4. The molecule has 0 fully saturated rings. The highest BCUT2D eigenvalue weighted by atomic mass is 16.5. The minimum absolute atomic E-state index is 0.00382. The molecule has 3 aromatic heterocycles. The molecule has 3 heterocycles. The van der Waals surface area contributed by atoms with Crippen molar-refractivity contribution in [3.05, 3.63) is 186 Å². The Bertz CT molecular complexity index is 3030. The van der Waals surface area contributed by atoms with Gasteiger partial charge in [-0.2, -0.15) is 0 Å². The fourth-order valence-corrected chi connectivity index (χ4v) is 9.25. The molecule has 0 atom stereocenters. The normalized spacial score (nSPS) is 14.5. The molecular formula is C52H46N4O. The zero-order valence-corrected chi connectivity index (χ0v) is 33.6. The van der Waals surface area contributed by atoms with Gasteiger partial charge in [-0.3, -0.25) is 13.7 Å². The second kappa shape index (κ2) is 12.5. The van der Waals surface area contributed by atoms with Crippen molar-refractivity contribution in [3.63, 3.8) is 0 Å². The molecule has 0 spiro atoms. The molecule has 0 amide bonds. The first-order valence-electron chi connectivity index (χ1n) is 19.9. The maximum absolute atomic E-state index is 6.74. The Kier molecular flexibility index (Phi) is 7.69. The quantitative estimate of drug-likeness (QED) is 0.130. The van der Waals surface area contributed by atoms with E-state index in [9.17, 15) is 0 Å². The zero-order chi connectivity index (χ0) is 39.3. The first kappa shape index (κ1) is 35.0. The van der Waals surface area contributed by atoms with Crippen molar-refractivity contribution in [3.8, 4) is 28.7 Å². The third-order valence-corrected chi connectivity index (χ3v) is 12.2. The van der Waals surface area contributed by atoms with Crippen molar-refractivity contribution in [2.24, 2.45) is 0 Å². The molecule has 1 aliphatic rings. The molecule has 5 heteroatoms. The van der Waals surface area contributed by atoms with Gasteiger partial charge in [-0.05, 0) is 93.9 Å². The number of hydrogen-bond acceptors (Lipinski definition) is 2. The van der Waals surface area contributed by atoms with Crippen LogP contribution in [0.3, 0.4) is 0 Å². The maximum atomic E-state index is 6.74. The second-order valence-corrected chi connectivity index (χ2v) is 17.5. The number of nitrogens with zero attached hydrogens (tertiary/aromatic N) is 4. The van der Waals surface area contributed by atoms with Crippen LogP contribution in [0.25, 0.3) is 50.0 Å². The number of aromatic nitrogens is 4. The molecule has 57 heavy (non-hydrogen) atoms. The predicted octanol–water partition coefficient (Wildman–Crippen LogP) is 12.3. The van der Waals surface area contributed by atoms with Gasteiger partial charge in [0.25, 0.3) is 6.33 Å². The van der Waals surface area contributed by atoms with E-state index in [2.05, 4.69) is 208 Å². The first-order valence-corrected chi connectivity index (χ1v) is 19.9. The average molecular weight is 743 g/mol. The van der Waals surface area contributed by atoms with E-state index in [4.69, 9.17) is 9.72 Å². The molecular weight excluding hydrogens is 697 g/mol. The highest BCUT2D eigenvalue weighted by Crippen LogP contribution is 2.51. The largest absolute Gasteiger partial charge is 0.458 e. The Hall–Kier alpha value is -6.46. The molecule has 280 valence electrons. The Labute approximate surface area is 334 Å². The summed E-state index contributed by atoms with van der Waals surface area (Å²) in [5.74, 6) is 2.40. The number of benzene rings is 6. The summed E-state index contributed by atoms with van der Waals surface area (Å²) in [5, 5.41) is 2.34. The average Bonchev–Trinajstić information content (AvgIpc) is 3.76. The number of hydrogen-bond donors (Lipinski definition) is 0. The van der Waals surface area contributed by atoms with Gasteiger partial charge in [0, 0.05) is 33.9 Å². The van der Waals surface area contributed by atoms with Crippen LogP contribution >= 0.6 is 0 Å². The summed E-state index contributed by atoms with van der Waals surface area (Å²) < 4.78 is 13.4. The van der Waals surface area contributed by atoms with E-state index in [1.54, 1.807) is 0 Å². The lowest BCUT2D eigenvalue weighted by molar-refractivity contribution is -0.573. The van der Waals surface area contributed by atoms with Crippen molar-refractivity contribution >= 4 is 32.8 Å². The summed E-state index contributed by atoms with van der Waals surface area (Å²) in [5.41, 5.74) is 12.7. The number of imidazole rings is 1.